The van der Waals surface area contributed by atoms with Crippen LogP contribution >= 0.6 is 0 Å². The van der Waals surface area contributed by atoms with Crippen LogP contribution in [-0.2, 0) is 17.6 Å². The maximum Gasteiger partial charge on any atom is 0.407 e. The molecule has 1 amide bonds. The molecule has 0 saturated carbocycles. The Morgan fingerprint density at radius 1 is 0.814 bits per heavy atom. The summed E-state index contributed by atoms with van der Waals surface area (Å²) in [5.74, 6) is 1.58. The minimum atomic E-state index is -0.731. The first-order chi connectivity index (χ1) is 28.5. The summed E-state index contributed by atoms with van der Waals surface area (Å²) in [7, 11) is 6.23. The van der Waals surface area contributed by atoms with Gasteiger partial charge in [0.1, 0.15) is 24.1 Å². The maximum absolute atomic E-state index is 13.8. The second kappa shape index (κ2) is 15.7. The van der Waals surface area contributed by atoms with Crippen LogP contribution in [0.1, 0.15) is 76.4 Å². The number of hydrogen-bond acceptors (Lipinski definition) is 11. The van der Waals surface area contributed by atoms with Crippen LogP contribution in [0.25, 0.3) is 11.1 Å². The average Bonchev–Trinajstić information content (AvgIpc) is 3.55. The molecule has 2 bridgehead atoms. The number of ether oxygens (including phenoxy) is 5. The third-order valence-corrected chi connectivity index (χ3v) is 13.0. The molecule has 4 aromatic rings. The van der Waals surface area contributed by atoms with Crippen molar-refractivity contribution in [1.29, 1.82) is 5.26 Å². The zero-order valence-corrected chi connectivity index (χ0v) is 34.9. The number of fused-ring (bicyclic) bond motifs is 10. The van der Waals surface area contributed by atoms with Crippen molar-refractivity contribution >= 4 is 6.09 Å². The number of carbonyl (C=O) groups excluding carboxylic acids is 1. The standard InChI is InChI=1S/C47H52N4O8/c1-24(2)17-18-50-34-19-32-39(42(53)46(58-8)26(4)44(32)56-6)40(50)35-20-31-38(41(52)45(57-7)25(3)43(31)55-5)37(51(35)36(34)21-48)22-49-47(54)59-23-33-29-15-11-9-13-27(29)28-14-10-12-16-30(28)33/h9-17,33-37,40,52-53H,18-20,22-23H2,1-8H3,(H,49,54)/t34-,35-,36-,37-,40-/m0/s1. The third kappa shape index (κ3) is 6.21. The molecule has 1 saturated heterocycles. The summed E-state index contributed by atoms with van der Waals surface area (Å²) >= 11 is 0. The highest BCUT2D eigenvalue weighted by Crippen LogP contribution is 2.59. The van der Waals surface area contributed by atoms with Crippen LogP contribution in [-0.4, -0.2) is 92.4 Å². The molecule has 1 fully saturated rings. The number of nitrogens with zero attached hydrogens (tertiary/aromatic N) is 3. The Morgan fingerprint density at radius 3 is 1.88 bits per heavy atom. The third-order valence-electron chi connectivity index (χ3n) is 13.0. The zero-order chi connectivity index (χ0) is 41.9. The van der Waals surface area contributed by atoms with E-state index in [-0.39, 0.29) is 42.4 Å². The van der Waals surface area contributed by atoms with Crippen LogP contribution in [0.5, 0.6) is 34.5 Å². The molecule has 308 valence electrons. The highest BCUT2D eigenvalue weighted by Gasteiger charge is 2.58. The van der Waals surface area contributed by atoms with E-state index in [0.717, 1.165) is 39.0 Å². The van der Waals surface area contributed by atoms with Crippen molar-refractivity contribution in [2.45, 2.75) is 76.7 Å². The summed E-state index contributed by atoms with van der Waals surface area (Å²) in [5, 5.41) is 38.6. The molecular weight excluding hydrogens is 749 g/mol. The van der Waals surface area contributed by atoms with Gasteiger partial charge in [-0.05, 0) is 62.8 Å². The van der Waals surface area contributed by atoms with Gasteiger partial charge in [0, 0.05) is 64.5 Å². The van der Waals surface area contributed by atoms with Gasteiger partial charge in [0.2, 0.25) is 0 Å². The van der Waals surface area contributed by atoms with Crippen LogP contribution in [0.2, 0.25) is 0 Å². The fourth-order valence-electron chi connectivity index (χ4n) is 10.6. The molecule has 5 atom stereocenters. The predicted molar refractivity (Wildman–Crippen MR) is 223 cm³/mol. The Hall–Kier alpha value is -5.90. The molecule has 0 spiro atoms. The molecule has 8 rings (SSSR count). The summed E-state index contributed by atoms with van der Waals surface area (Å²) < 4.78 is 29.7. The van der Waals surface area contributed by atoms with E-state index in [4.69, 9.17) is 23.7 Å². The highest BCUT2D eigenvalue weighted by atomic mass is 16.5. The van der Waals surface area contributed by atoms with Gasteiger partial charge in [0.05, 0.1) is 46.6 Å². The van der Waals surface area contributed by atoms with Gasteiger partial charge in [-0.2, -0.15) is 5.26 Å². The van der Waals surface area contributed by atoms with Crippen molar-refractivity contribution in [1.82, 2.24) is 15.1 Å². The lowest BCUT2D eigenvalue weighted by Crippen LogP contribution is -2.69. The lowest BCUT2D eigenvalue weighted by Gasteiger charge is -2.60. The van der Waals surface area contributed by atoms with E-state index >= 15 is 0 Å². The molecule has 59 heavy (non-hydrogen) atoms. The Morgan fingerprint density at radius 2 is 1.34 bits per heavy atom. The normalized spacial score (nSPS) is 21.4. The smallest absolute Gasteiger partial charge is 0.407 e. The van der Waals surface area contributed by atoms with Gasteiger partial charge in [0.15, 0.2) is 23.0 Å². The van der Waals surface area contributed by atoms with Gasteiger partial charge in [-0.1, -0.05) is 60.2 Å². The van der Waals surface area contributed by atoms with E-state index in [9.17, 15) is 20.3 Å². The number of nitrogens with one attached hydrogen (secondary N) is 1. The first-order valence-electron chi connectivity index (χ1n) is 20.1. The van der Waals surface area contributed by atoms with E-state index in [2.05, 4.69) is 51.5 Å². The fraction of sp³-hybridized carbons (Fsp3) is 0.404. The first-order valence-corrected chi connectivity index (χ1v) is 20.1. The summed E-state index contributed by atoms with van der Waals surface area (Å²) in [6.45, 7) is 8.43. The van der Waals surface area contributed by atoms with Gasteiger partial charge in [-0.15, -0.1) is 0 Å². The molecule has 12 heteroatoms. The largest absolute Gasteiger partial charge is 0.504 e. The number of allylic oxidation sites excluding steroid dienone is 1. The number of alkyl carbamates (subject to hydrolysis) is 1. The minimum absolute atomic E-state index is 0.00588. The Labute approximate surface area is 345 Å². The number of rotatable bonds is 10. The molecule has 3 N–H and O–H groups in total. The van der Waals surface area contributed by atoms with Crippen LogP contribution in [0.4, 0.5) is 4.79 Å². The number of benzene rings is 4. The molecule has 12 nitrogen and oxygen atoms in total. The van der Waals surface area contributed by atoms with E-state index in [0.29, 0.717) is 58.9 Å². The van der Waals surface area contributed by atoms with Gasteiger partial charge in [-0.3, -0.25) is 9.80 Å². The van der Waals surface area contributed by atoms with Crippen molar-refractivity contribution in [3.05, 3.63) is 105 Å². The molecule has 4 aromatic carbocycles. The van der Waals surface area contributed by atoms with Crippen molar-refractivity contribution in [2.75, 3.05) is 48.1 Å². The fourth-order valence-corrected chi connectivity index (χ4v) is 10.6. The van der Waals surface area contributed by atoms with Gasteiger partial charge >= 0.3 is 6.09 Å². The topological polar surface area (TPSA) is 146 Å². The number of carbonyl (C=O) groups is 1. The SMILES string of the molecule is COc1c(C)c(OC)c2c(c1O)[C@@H]1[C@@H]3Cc4c(OC)c(C)c(OC)c(O)c4[C@H](CNC(=O)OCC4c5ccccc5-c5ccccc54)N3[C@@H](C#N)[C@H](C2)N1CC=C(C)C. The first kappa shape index (κ1) is 39.9. The lowest BCUT2D eigenvalue weighted by molar-refractivity contribution is -0.0795. The lowest BCUT2D eigenvalue weighted by atomic mass is 9.71. The summed E-state index contributed by atoms with van der Waals surface area (Å²) in [5.41, 5.74) is 9.66. The second-order valence-corrected chi connectivity index (χ2v) is 16.1. The van der Waals surface area contributed by atoms with Crippen molar-refractivity contribution in [3.8, 4) is 51.7 Å². The molecule has 3 aliphatic heterocycles. The Kier molecular flexibility index (Phi) is 10.6. The Bertz CT molecular complexity index is 2350. The molecule has 1 aliphatic carbocycles. The number of piperazine rings is 1. The quantitative estimate of drug-likeness (QED) is 0.138. The van der Waals surface area contributed by atoms with Crippen LogP contribution in [0.3, 0.4) is 0 Å². The highest BCUT2D eigenvalue weighted by molar-refractivity contribution is 5.79. The van der Waals surface area contributed by atoms with Crippen LogP contribution in [0.15, 0.2) is 60.2 Å². The predicted octanol–water partition coefficient (Wildman–Crippen LogP) is 7.40. The maximum atomic E-state index is 13.8. The summed E-state index contributed by atoms with van der Waals surface area (Å²) in [6.07, 6.45) is 2.27. The molecule has 0 radical (unpaired) electrons. The second-order valence-electron chi connectivity index (χ2n) is 16.1. The van der Waals surface area contributed by atoms with E-state index < -0.39 is 30.3 Å². The molecule has 0 aromatic heterocycles. The van der Waals surface area contributed by atoms with Gasteiger partial charge in [0.25, 0.3) is 0 Å². The molecule has 3 heterocycles. The number of hydrogen-bond donors (Lipinski definition) is 3. The molecule has 4 aliphatic rings. The Balaban J connectivity index is 1.23. The number of phenols is 2. The monoisotopic (exact) mass is 800 g/mol. The molecule has 0 unspecified atom stereocenters. The van der Waals surface area contributed by atoms with E-state index in [1.165, 1.54) is 14.2 Å². The minimum Gasteiger partial charge on any atom is -0.504 e. The number of methoxy groups -OCH3 is 4. The van der Waals surface area contributed by atoms with E-state index in [1.54, 1.807) is 14.2 Å². The van der Waals surface area contributed by atoms with Crippen molar-refractivity contribution in [2.24, 2.45) is 0 Å². The van der Waals surface area contributed by atoms with Crippen molar-refractivity contribution < 1.29 is 38.7 Å². The number of amides is 1. The van der Waals surface area contributed by atoms with Crippen LogP contribution < -0.4 is 24.3 Å². The zero-order valence-electron chi connectivity index (χ0n) is 34.9. The van der Waals surface area contributed by atoms with E-state index in [1.807, 2.05) is 52.0 Å². The number of nitriles is 1. The van der Waals surface area contributed by atoms with Gasteiger partial charge in [-0.25, -0.2) is 4.79 Å². The number of aromatic hydroxyl groups is 2. The summed E-state index contributed by atoms with van der Waals surface area (Å²) in [4.78, 5) is 18.3. The van der Waals surface area contributed by atoms with Gasteiger partial charge < -0.3 is 39.2 Å². The molecular formula is C47H52N4O8. The van der Waals surface area contributed by atoms with Crippen molar-refractivity contribution in [3.63, 3.8) is 0 Å². The van der Waals surface area contributed by atoms with Crippen LogP contribution in [0, 0.1) is 25.2 Å². The number of phenolic OH excluding ortho intramolecular Hbond substituents is 2. The summed E-state index contributed by atoms with van der Waals surface area (Å²) in [6, 6.07) is 16.3. The average molecular weight is 801 g/mol.